The molecule has 1 aliphatic rings. The van der Waals surface area contributed by atoms with Gasteiger partial charge in [0, 0.05) is 21.2 Å². The first-order valence-corrected chi connectivity index (χ1v) is 10.7. The van der Waals surface area contributed by atoms with Crippen LogP contribution < -0.4 is 9.47 Å². The fourth-order valence-electron chi connectivity index (χ4n) is 3.22. The molecule has 162 valence electrons. The van der Waals surface area contributed by atoms with Crippen LogP contribution in [0.15, 0.2) is 72.3 Å². The van der Waals surface area contributed by atoms with Gasteiger partial charge in [0.05, 0.1) is 12.7 Å². The van der Waals surface area contributed by atoms with Crippen molar-refractivity contribution in [1.82, 2.24) is 0 Å². The molecular weight excluding hydrogens is 447 g/mol. The highest BCUT2D eigenvalue weighted by molar-refractivity contribution is 6.35. The molecule has 0 radical (unpaired) electrons. The SMILES string of the molecule is COc1cc(C=C2C=C(c3ccc(C)cc3)OC2=O)ccc1OCc1ccc(Cl)cc1Cl. The third-order valence-corrected chi connectivity index (χ3v) is 5.56. The molecule has 3 aromatic carbocycles. The Bertz CT molecular complexity index is 1230. The van der Waals surface area contributed by atoms with Gasteiger partial charge >= 0.3 is 5.97 Å². The number of carbonyl (C=O) groups excluding carboxylic acids is 1. The van der Waals surface area contributed by atoms with Crippen LogP contribution in [-0.4, -0.2) is 13.1 Å². The predicted molar refractivity (Wildman–Crippen MR) is 127 cm³/mol. The van der Waals surface area contributed by atoms with Crippen molar-refractivity contribution < 1.29 is 19.0 Å². The molecule has 0 fully saturated rings. The van der Waals surface area contributed by atoms with E-state index in [9.17, 15) is 4.79 Å². The normalized spacial score (nSPS) is 14.3. The van der Waals surface area contributed by atoms with E-state index >= 15 is 0 Å². The summed E-state index contributed by atoms with van der Waals surface area (Å²) in [6, 6.07) is 18.5. The Kier molecular flexibility index (Phi) is 6.54. The average Bonchev–Trinajstić information content (AvgIpc) is 3.14. The highest BCUT2D eigenvalue weighted by Crippen LogP contribution is 2.32. The third-order valence-electron chi connectivity index (χ3n) is 4.97. The van der Waals surface area contributed by atoms with Crippen molar-refractivity contribution in [1.29, 1.82) is 0 Å². The molecule has 0 aliphatic carbocycles. The van der Waals surface area contributed by atoms with Crippen LogP contribution in [-0.2, 0) is 16.1 Å². The molecule has 0 spiro atoms. The van der Waals surface area contributed by atoms with Crippen LogP contribution >= 0.6 is 23.2 Å². The second kappa shape index (κ2) is 9.51. The third kappa shape index (κ3) is 4.98. The van der Waals surface area contributed by atoms with Gasteiger partial charge in [0.15, 0.2) is 11.5 Å². The predicted octanol–water partition coefficient (Wildman–Crippen LogP) is 6.87. The minimum atomic E-state index is -0.391. The van der Waals surface area contributed by atoms with Gasteiger partial charge in [-0.15, -0.1) is 0 Å². The maximum absolute atomic E-state index is 12.3. The lowest BCUT2D eigenvalue weighted by atomic mass is 10.1. The molecule has 4 nitrogen and oxygen atoms in total. The van der Waals surface area contributed by atoms with E-state index in [0.717, 1.165) is 22.3 Å². The molecule has 0 atom stereocenters. The Balaban J connectivity index is 1.53. The summed E-state index contributed by atoms with van der Waals surface area (Å²) in [4.78, 5) is 12.3. The summed E-state index contributed by atoms with van der Waals surface area (Å²) >= 11 is 12.2. The lowest BCUT2D eigenvalue weighted by Gasteiger charge is -2.12. The first-order chi connectivity index (χ1) is 15.4. The number of rotatable bonds is 6. The zero-order valence-corrected chi connectivity index (χ0v) is 19.0. The largest absolute Gasteiger partial charge is 0.493 e. The second-order valence-electron chi connectivity index (χ2n) is 7.30. The molecule has 0 aromatic heterocycles. The van der Waals surface area contributed by atoms with Crippen LogP contribution in [0.4, 0.5) is 0 Å². The molecule has 1 heterocycles. The van der Waals surface area contributed by atoms with Crippen molar-refractivity contribution >= 4 is 41.0 Å². The highest BCUT2D eigenvalue weighted by Gasteiger charge is 2.22. The summed E-state index contributed by atoms with van der Waals surface area (Å²) in [5, 5.41) is 1.10. The zero-order valence-electron chi connectivity index (χ0n) is 17.5. The molecule has 3 aromatic rings. The van der Waals surface area contributed by atoms with Crippen molar-refractivity contribution in [3.63, 3.8) is 0 Å². The van der Waals surface area contributed by atoms with Gasteiger partial charge in [-0.3, -0.25) is 0 Å². The van der Waals surface area contributed by atoms with Crippen molar-refractivity contribution in [3.8, 4) is 11.5 Å². The maximum Gasteiger partial charge on any atom is 0.343 e. The van der Waals surface area contributed by atoms with E-state index in [4.69, 9.17) is 37.4 Å². The van der Waals surface area contributed by atoms with Gasteiger partial charge in [-0.2, -0.15) is 0 Å². The Hall–Kier alpha value is -3.21. The summed E-state index contributed by atoms with van der Waals surface area (Å²) in [5.41, 5.74) is 4.06. The van der Waals surface area contributed by atoms with E-state index in [-0.39, 0.29) is 6.61 Å². The molecule has 1 aliphatic heterocycles. The van der Waals surface area contributed by atoms with E-state index in [1.807, 2.05) is 43.3 Å². The minimum Gasteiger partial charge on any atom is -0.493 e. The quantitative estimate of drug-likeness (QED) is 0.293. The van der Waals surface area contributed by atoms with E-state index in [1.165, 1.54) is 0 Å². The standard InChI is InChI=1S/C26H20Cl2O4/c1-16-3-6-18(7-4-16)24-13-20(26(29)32-24)11-17-5-10-23(25(12-17)30-2)31-15-19-8-9-21(27)14-22(19)28/h3-14H,15H2,1-2H3. The molecule has 0 amide bonds. The number of halogens is 2. The van der Waals surface area contributed by atoms with Gasteiger partial charge in [-0.1, -0.05) is 65.2 Å². The number of benzene rings is 3. The van der Waals surface area contributed by atoms with Crippen molar-refractivity contribution in [3.05, 3.63) is 105 Å². The Labute approximate surface area is 196 Å². The van der Waals surface area contributed by atoms with Gasteiger partial charge in [0.2, 0.25) is 0 Å². The summed E-state index contributed by atoms with van der Waals surface area (Å²) < 4.78 is 16.8. The van der Waals surface area contributed by atoms with Crippen molar-refractivity contribution in [2.75, 3.05) is 7.11 Å². The van der Waals surface area contributed by atoms with Gasteiger partial charge < -0.3 is 14.2 Å². The maximum atomic E-state index is 12.3. The number of hydrogen-bond donors (Lipinski definition) is 0. The lowest BCUT2D eigenvalue weighted by molar-refractivity contribution is -0.130. The molecule has 6 heteroatoms. The minimum absolute atomic E-state index is 0.266. The molecule has 0 N–H and O–H groups in total. The van der Waals surface area contributed by atoms with Crippen LogP contribution in [0.5, 0.6) is 11.5 Å². The van der Waals surface area contributed by atoms with Gasteiger partial charge in [0.25, 0.3) is 0 Å². The van der Waals surface area contributed by atoms with E-state index in [0.29, 0.717) is 32.9 Å². The summed E-state index contributed by atoms with van der Waals surface area (Å²) in [6.45, 7) is 2.27. The molecule has 0 saturated heterocycles. The number of esters is 1. The fourth-order valence-corrected chi connectivity index (χ4v) is 3.68. The lowest BCUT2D eigenvalue weighted by Crippen LogP contribution is -1.99. The fraction of sp³-hybridized carbons (Fsp3) is 0.115. The topological polar surface area (TPSA) is 44.8 Å². The summed E-state index contributed by atoms with van der Waals surface area (Å²) in [5.74, 6) is 1.24. The Morgan fingerprint density at radius 1 is 0.969 bits per heavy atom. The van der Waals surface area contributed by atoms with Gasteiger partial charge in [0.1, 0.15) is 12.4 Å². The number of ether oxygens (including phenoxy) is 3. The van der Waals surface area contributed by atoms with Gasteiger partial charge in [-0.25, -0.2) is 4.79 Å². The number of methoxy groups -OCH3 is 1. The van der Waals surface area contributed by atoms with Crippen molar-refractivity contribution in [2.24, 2.45) is 0 Å². The Morgan fingerprint density at radius 2 is 1.75 bits per heavy atom. The summed E-state index contributed by atoms with van der Waals surface area (Å²) in [7, 11) is 1.56. The molecule has 0 unspecified atom stereocenters. The number of hydrogen-bond acceptors (Lipinski definition) is 4. The van der Waals surface area contributed by atoms with E-state index in [1.54, 1.807) is 43.5 Å². The van der Waals surface area contributed by atoms with Gasteiger partial charge in [-0.05, 0) is 48.9 Å². The molecule has 0 bridgehead atoms. The molecule has 4 rings (SSSR count). The zero-order chi connectivity index (χ0) is 22.7. The van der Waals surface area contributed by atoms with Crippen LogP contribution in [0.1, 0.15) is 22.3 Å². The average molecular weight is 467 g/mol. The van der Waals surface area contributed by atoms with E-state index in [2.05, 4.69) is 0 Å². The first-order valence-electron chi connectivity index (χ1n) is 9.90. The second-order valence-corrected chi connectivity index (χ2v) is 8.14. The molecular formula is C26H20Cl2O4. The van der Waals surface area contributed by atoms with Crippen LogP contribution in [0.2, 0.25) is 10.0 Å². The molecule has 32 heavy (non-hydrogen) atoms. The monoisotopic (exact) mass is 466 g/mol. The Morgan fingerprint density at radius 3 is 2.47 bits per heavy atom. The highest BCUT2D eigenvalue weighted by atomic mass is 35.5. The summed E-state index contributed by atoms with van der Waals surface area (Å²) in [6.07, 6.45) is 3.50. The van der Waals surface area contributed by atoms with E-state index < -0.39 is 5.97 Å². The van der Waals surface area contributed by atoms with Crippen LogP contribution in [0, 0.1) is 6.92 Å². The van der Waals surface area contributed by atoms with Crippen LogP contribution in [0.3, 0.4) is 0 Å². The molecule has 0 saturated carbocycles. The van der Waals surface area contributed by atoms with Crippen molar-refractivity contribution in [2.45, 2.75) is 13.5 Å². The number of carbonyl (C=O) groups is 1. The van der Waals surface area contributed by atoms with Crippen LogP contribution in [0.25, 0.3) is 11.8 Å². The first kappa shape index (κ1) is 22.0. The number of aryl methyl sites for hydroxylation is 1. The number of cyclic esters (lactones) is 1. The smallest absolute Gasteiger partial charge is 0.343 e.